The molecule has 1 amide bonds. The molecule has 0 saturated carbocycles. The van der Waals surface area contributed by atoms with E-state index in [9.17, 15) is 13.6 Å². The van der Waals surface area contributed by atoms with Gasteiger partial charge in [-0.3, -0.25) is 14.5 Å². The summed E-state index contributed by atoms with van der Waals surface area (Å²) in [6.45, 7) is 3.12. The summed E-state index contributed by atoms with van der Waals surface area (Å²) in [4.78, 5) is 18.8. The molecule has 0 radical (unpaired) electrons. The van der Waals surface area contributed by atoms with Gasteiger partial charge in [0.25, 0.3) is 5.92 Å². The molecule has 6 nitrogen and oxygen atoms in total. The van der Waals surface area contributed by atoms with E-state index >= 15 is 0 Å². The van der Waals surface area contributed by atoms with Gasteiger partial charge < -0.3 is 10.2 Å². The first kappa shape index (κ1) is 19.1. The lowest BCUT2D eigenvalue weighted by Gasteiger charge is -2.22. The van der Waals surface area contributed by atoms with E-state index in [0.717, 1.165) is 49.4 Å². The lowest BCUT2D eigenvalue weighted by Crippen LogP contribution is -2.36. The highest BCUT2D eigenvalue weighted by Gasteiger charge is 2.48. The van der Waals surface area contributed by atoms with E-state index in [1.54, 1.807) is 10.7 Å². The fraction of sp³-hybridized carbons (Fsp3) is 0.409. The molecule has 0 aliphatic carbocycles. The lowest BCUT2D eigenvalue weighted by atomic mass is 9.86. The monoisotopic (exact) mass is 411 g/mol. The third-order valence-electron chi connectivity index (χ3n) is 6.39. The van der Waals surface area contributed by atoms with E-state index in [1.165, 1.54) is 12.3 Å². The molecule has 2 fully saturated rings. The van der Waals surface area contributed by atoms with Crippen LogP contribution in [0, 0.1) is 5.41 Å². The number of rotatable bonds is 3. The minimum Gasteiger partial charge on any atom is -0.316 e. The van der Waals surface area contributed by atoms with Gasteiger partial charge in [0.1, 0.15) is 11.4 Å². The Morgan fingerprint density at radius 3 is 2.77 bits per heavy atom. The highest BCUT2D eigenvalue weighted by atomic mass is 19.3. The Morgan fingerprint density at radius 1 is 1.20 bits per heavy atom. The number of alkyl halides is 2. The summed E-state index contributed by atoms with van der Waals surface area (Å²) in [7, 11) is 1.82. The largest absolute Gasteiger partial charge is 0.316 e. The maximum absolute atomic E-state index is 13.8. The average molecular weight is 411 g/mol. The van der Waals surface area contributed by atoms with Crippen molar-refractivity contribution in [3.8, 4) is 11.3 Å². The summed E-state index contributed by atoms with van der Waals surface area (Å²) in [5, 5.41) is 8.71. The summed E-state index contributed by atoms with van der Waals surface area (Å²) in [5.74, 6) is -2.87. The number of fused-ring (bicyclic) bond motifs is 1. The summed E-state index contributed by atoms with van der Waals surface area (Å²) < 4.78 is 29.3. The highest BCUT2D eigenvalue weighted by Crippen LogP contribution is 2.41. The van der Waals surface area contributed by atoms with Gasteiger partial charge in [-0.15, -0.1) is 0 Å². The summed E-state index contributed by atoms with van der Waals surface area (Å²) in [6.07, 6.45) is 3.09. The molecule has 156 valence electrons. The predicted molar refractivity (Wildman–Crippen MR) is 110 cm³/mol. The number of aryl methyl sites for hydroxylation is 1. The molecule has 1 atom stereocenters. The zero-order valence-corrected chi connectivity index (χ0v) is 17.0. The van der Waals surface area contributed by atoms with Crippen LogP contribution in [0.25, 0.3) is 22.2 Å². The van der Waals surface area contributed by atoms with Crippen molar-refractivity contribution in [1.29, 1.82) is 0 Å². The van der Waals surface area contributed by atoms with Gasteiger partial charge in [-0.05, 0) is 49.7 Å². The van der Waals surface area contributed by atoms with Gasteiger partial charge in [0.05, 0.1) is 10.9 Å². The Hall–Kier alpha value is -2.87. The number of anilines is 1. The van der Waals surface area contributed by atoms with Crippen LogP contribution in [-0.2, 0) is 17.8 Å². The van der Waals surface area contributed by atoms with Crippen LogP contribution in [-0.4, -0.2) is 40.3 Å². The Morgan fingerprint density at radius 2 is 2.03 bits per heavy atom. The molecule has 4 heterocycles. The van der Waals surface area contributed by atoms with Crippen LogP contribution < -0.4 is 10.2 Å². The topological polar surface area (TPSA) is 63.1 Å². The number of nitrogens with zero attached hydrogens (tertiary/aromatic N) is 4. The summed E-state index contributed by atoms with van der Waals surface area (Å²) in [6, 6.07) is 8.88. The normalized spacial score (nSPS) is 22.0. The highest BCUT2D eigenvalue weighted by molar-refractivity contribution is 6.03. The molecule has 30 heavy (non-hydrogen) atoms. The molecule has 0 bridgehead atoms. The van der Waals surface area contributed by atoms with Gasteiger partial charge in [-0.2, -0.15) is 13.9 Å². The Balaban J connectivity index is 1.58. The lowest BCUT2D eigenvalue weighted by molar-refractivity contribution is -0.124. The Labute approximate surface area is 172 Å². The van der Waals surface area contributed by atoms with Gasteiger partial charge in [0.15, 0.2) is 0 Å². The van der Waals surface area contributed by atoms with Gasteiger partial charge >= 0.3 is 0 Å². The number of hydrogen-bond donors (Lipinski definition) is 1. The predicted octanol–water partition coefficient (Wildman–Crippen LogP) is 3.46. The van der Waals surface area contributed by atoms with E-state index in [-0.39, 0.29) is 17.0 Å². The van der Waals surface area contributed by atoms with Crippen molar-refractivity contribution in [3.05, 3.63) is 42.2 Å². The van der Waals surface area contributed by atoms with Crippen LogP contribution in [0.4, 0.5) is 14.5 Å². The first-order valence-corrected chi connectivity index (χ1v) is 10.1. The molecular weight excluding hydrogens is 388 g/mol. The first-order valence-electron chi connectivity index (χ1n) is 10.1. The number of aromatic nitrogens is 3. The van der Waals surface area contributed by atoms with Crippen molar-refractivity contribution in [2.24, 2.45) is 12.5 Å². The SMILES string of the molecule is Cn1nc(-c2ccnc(C(C)(F)F)c2)c2cc(N3CC[C@]4(CCNC4)C3=O)ccc21. The number of nitrogens with one attached hydrogen (secondary N) is 1. The second-order valence-electron chi connectivity index (χ2n) is 8.41. The zero-order valence-electron chi connectivity index (χ0n) is 17.0. The zero-order chi connectivity index (χ0) is 21.1. The number of amides is 1. The van der Waals surface area contributed by atoms with Crippen LogP contribution in [0.3, 0.4) is 0 Å². The number of carbonyl (C=O) groups excluding carboxylic acids is 1. The summed E-state index contributed by atoms with van der Waals surface area (Å²) in [5.41, 5.74) is 2.29. The maximum atomic E-state index is 13.8. The van der Waals surface area contributed by atoms with Crippen LogP contribution >= 0.6 is 0 Å². The molecule has 2 aliphatic rings. The van der Waals surface area contributed by atoms with E-state index in [1.807, 2.05) is 30.1 Å². The third-order valence-corrected chi connectivity index (χ3v) is 6.39. The van der Waals surface area contributed by atoms with E-state index in [4.69, 9.17) is 0 Å². The van der Waals surface area contributed by atoms with Crippen molar-refractivity contribution in [2.75, 3.05) is 24.5 Å². The molecule has 1 N–H and O–H groups in total. The van der Waals surface area contributed by atoms with Gasteiger partial charge in [-0.1, -0.05) is 0 Å². The van der Waals surface area contributed by atoms with Gasteiger partial charge in [0.2, 0.25) is 5.91 Å². The summed E-state index contributed by atoms with van der Waals surface area (Å²) >= 11 is 0. The minimum atomic E-state index is -3.03. The molecule has 5 rings (SSSR count). The number of carbonyl (C=O) groups is 1. The third kappa shape index (κ3) is 2.89. The van der Waals surface area contributed by atoms with Crippen molar-refractivity contribution in [1.82, 2.24) is 20.1 Å². The Bertz CT molecular complexity index is 1140. The number of benzene rings is 1. The van der Waals surface area contributed by atoms with Gasteiger partial charge in [-0.25, -0.2) is 0 Å². The molecule has 1 spiro atoms. The van der Waals surface area contributed by atoms with E-state index < -0.39 is 5.92 Å². The molecule has 0 unspecified atom stereocenters. The van der Waals surface area contributed by atoms with Crippen molar-refractivity contribution < 1.29 is 13.6 Å². The van der Waals surface area contributed by atoms with Crippen LogP contribution in [0.15, 0.2) is 36.5 Å². The van der Waals surface area contributed by atoms with Crippen molar-refractivity contribution in [3.63, 3.8) is 0 Å². The van der Waals surface area contributed by atoms with Crippen molar-refractivity contribution in [2.45, 2.75) is 25.7 Å². The standard InChI is InChI=1S/C22H23F2N5O/c1-21(23,24)18-11-14(5-8-26-18)19-16-12-15(3-4-17(16)28(2)27-19)29-10-7-22(20(29)30)6-9-25-13-22/h3-5,8,11-12,25H,6-7,9-10,13H2,1-2H3/t22-/m0/s1. The quantitative estimate of drug-likeness (QED) is 0.717. The second-order valence-corrected chi connectivity index (χ2v) is 8.41. The number of hydrogen-bond acceptors (Lipinski definition) is 4. The van der Waals surface area contributed by atoms with E-state index in [0.29, 0.717) is 17.8 Å². The molecular formula is C22H23F2N5O. The molecule has 2 saturated heterocycles. The fourth-order valence-corrected chi connectivity index (χ4v) is 4.66. The molecule has 1 aromatic carbocycles. The second kappa shape index (κ2) is 6.57. The van der Waals surface area contributed by atoms with E-state index in [2.05, 4.69) is 15.4 Å². The molecule has 8 heteroatoms. The van der Waals surface area contributed by atoms with Crippen molar-refractivity contribution >= 4 is 22.5 Å². The van der Waals surface area contributed by atoms with Gasteiger partial charge in [0, 0.05) is 49.9 Å². The average Bonchev–Trinajstić information content (AvgIpc) is 3.41. The molecule has 2 aliphatic heterocycles. The molecule has 2 aromatic heterocycles. The smallest absolute Gasteiger partial charge is 0.286 e. The first-order chi connectivity index (χ1) is 14.3. The fourth-order valence-electron chi connectivity index (χ4n) is 4.66. The number of halogens is 2. The minimum absolute atomic E-state index is 0.161. The van der Waals surface area contributed by atoms with Crippen LogP contribution in [0.1, 0.15) is 25.5 Å². The Kier molecular flexibility index (Phi) is 4.18. The maximum Gasteiger partial charge on any atom is 0.286 e. The van der Waals surface area contributed by atoms with Crippen LogP contribution in [0.2, 0.25) is 0 Å². The molecule has 3 aromatic rings. The van der Waals surface area contributed by atoms with Crippen LogP contribution in [0.5, 0.6) is 0 Å². The number of pyridine rings is 1.